The second-order valence-corrected chi connectivity index (χ2v) is 5.68. The largest absolute Gasteiger partial charge is 0.504 e. The number of alkyl halides is 3. The van der Waals surface area contributed by atoms with Crippen LogP contribution >= 0.6 is 0 Å². The van der Waals surface area contributed by atoms with E-state index in [4.69, 9.17) is 5.11 Å². The molecule has 114 valence electrons. The minimum atomic E-state index is -5.11. The van der Waals surface area contributed by atoms with Gasteiger partial charge < -0.3 is 15.3 Å². The van der Waals surface area contributed by atoms with Crippen molar-refractivity contribution < 1.29 is 38.1 Å². The van der Waals surface area contributed by atoms with Crippen LogP contribution in [0, 0.1) is 16.7 Å². The van der Waals surface area contributed by atoms with Gasteiger partial charge in [0.15, 0.2) is 5.76 Å². The van der Waals surface area contributed by atoms with Crippen LogP contribution in [0.5, 0.6) is 0 Å². The maximum absolute atomic E-state index is 12.6. The van der Waals surface area contributed by atoms with Gasteiger partial charge in [-0.25, -0.2) is 0 Å². The number of carboxylic acid groups (broad SMARTS) is 2. The summed E-state index contributed by atoms with van der Waals surface area (Å²) < 4.78 is 37.8. The number of rotatable bonds is 2. The molecule has 3 N–H and O–H groups in total. The number of carboxylic acids is 2. The molecular weight excluding hydrogens is 281 g/mol. The lowest BCUT2D eigenvalue weighted by Gasteiger charge is -2.36. The quantitative estimate of drug-likeness (QED) is 0.681. The fourth-order valence-corrected chi connectivity index (χ4v) is 2.68. The molecule has 0 aromatic rings. The Labute approximate surface area is 112 Å². The Balaban J connectivity index is 3.58. The van der Waals surface area contributed by atoms with Crippen LogP contribution in [0.1, 0.15) is 27.2 Å². The van der Waals surface area contributed by atoms with Gasteiger partial charge in [0.05, 0.1) is 11.3 Å². The number of aliphatic carboxylic acids is 2. The Morgan fingerprint density at radius 1 is 1.15 bits per heavy atom. The molecule has 0 heterocycles. The van der Waals surface area contributed by atoms with Gasteiger partial charge in [-0.1, -0.05) is 13.8 Å². The van der Waals surface area contributed by atoms with Gasteiger partial charge in [0, 0.05) is 0 Å². The average Bonchev–Trinajstić information content (AvgIpc) is 2.45. The van der Waals surface area contributed by atoms with E-state index in [1.54, 1.807) is 0 Å². The summed E-state index contributed by atoms with van der Waals surface area (Å²) in [6.45, 7) is 3.73. The molecule has 0 aliphatic heterocycles. The van der Waals surface area contributed by atoms with E-state index in [0.717, 1.165) is 0 Å². The van der Waals surface area contributed by atoms with E-state index in [-0.39, 0.29) is 0 Å². The zero-order valence-electron chi connectivity index (χ0n) is 11.1. The van der Waals surface area contributed by atoms with Crippen LogP contribution in [0.25, 0.3) is 0 Å². The minimum Gasteiger partial charge on any atom is -0.504 e. The van der Waals surface area contributed by atoms with Crippen molar-refractivity contribution in [3.63, 3.8) is 0 Å². The van der Waals surface area contributed by atoms with E-state index < -0.39 is 52.6 Å². The van der Waals surface area contributed by atoms with E-state index in [1.165, 1.54) is 20.8 Å². The molecule has 0 aromatic carbocycles. The maximum Gasteiger partial charge on any atom is 0.448 e. The summed E-state index contributed by atoms with van der Waals surface area (Å²) >= 11 is 0. The molecule has 20 heavy (non-hydrogen) atoms. The third-order valence-electron chi connectivity index (χ3n) is 4.33. The Kier molecular flexibility index (Phi) is 3.58. The van der Waals surface area contributed by atoms with Crippen molar-refractivity contribution >= 4 is 11.9 Å². The highest BCUT2D eigenvalue weighted by molar-refractivity contribution is 5.83. The number of aliphatic hydroxyl groups is 1. The molecule has 0 bridgehead atoms. The summed E-state index contributed by atoms with van der Waals surface area (Å²) in [5.41, 5.74) is -4.00. The summed E-state index contributed by atoms with van der Waals surface area (Å²) in [6.07, 6.45) is -5.78. The van der Waals surface area contributed by atoms with Crippen LogP contribution < -0.4 is 0 Å². The Morgan fingerprint density at radius 3 is 1.90 bits per heavy atom. The number of halogens is 3. The van der Waals surface area contributed by atoms with Crippen LogP contribution in [-0.2, 0) is 9.59 Å². The van der Waals surface area contributed by atoms with Gasteiger partial charge in [-0.15, -0.1) is 0 Å². The molecule has 5 nitrogen and oxygen atoms in total. The van der Waals surface area contributed by atoms with Gasteiger partial charge in [-0.2, -0.15) is 13.2 Å². The summed E-state index contributed by atoms with van der Waals surface area (Å²) in [5, 5.41) is 27.6. The first-order valence-corrected chi connectivity index (χ1v) is 5.72. The molecule has 1 fully saturated rings. The molecule has 1 rings (SSSR count). The van der Waals surface area contributed by atoms with Crippen LogP contribution in [0.4, 0.5) is 13.2 Å². The van der Waals surface area contributed by atoms with Gasteiger partial charge in [0.2, 0.25) is 0 Å². The van der Waals surface area contributed by atoms with Crippen molar-refractivity contribution in [2.45, 2.75) is 33.4 Å². The van der Waals surface area contributed by atoms with Crippen LogP contribution in [0.3, 0.4) is 0 Å². The Hall–Kier alpha value is -1.73. The molecule has 0 radical (unpaired) electrons. The van der Waals surface area contributed by atoms with Crippen molar-refractivity contribution in [1.82, 2.24) is 0 Å². The third kappa shape index (κ3) is 2.12. The third-order valence-corrected chi connectivity index (χ3v) is 4.33. The zero-order valence-corrected chi connectivity index (χ0v) is 11.1. The molecular formula is C12H15F3O5. The van der Waals surface area contributed by atoms with Crippen LogP contribution in [0.15, 0.2) is 11.3 Å². The Bertz CT molecular complexity index is 492. The van der Waals surface area contributed by atoms with Gasteiger partial charge >= 0.3 is 18.1 Å². The van der Waals surface area contributed by atoms with Gasteiger partial charge in [-0.3, -0.25) is 9.59 Å². The zero-order chi connectivity index (χ0) is 16.1. The van der Waals surface area contributed by atoms with E-state index in [0.29, 0.717) is 0 Å². The average molecular weight is 296 g/mol. The molecule has 2 atom stereocenters. The van der Waals surface area contributed by atoms with E-state index in [1.807, 2.05) is 0 Å². The van der Waals surface area contributed by atoms with Crippen molar-refractivity contribution in [3.05, 3.63) is 11.3 Å². The second kappa shape index (κ2) is 4.39. The van der Waals surface area contributed by atoms with Crippen molar-refractivity contribution in [1.29, 1.82) is 0 Å². The predicted molar refractivity (Wildman–Crippen MR) is 61.0 cm³/mol. The van der Waals surface area contributed by atoms with Crippen molar-refractivity contribution in [2.24, 2.45) is 16.7 Å². The topological polar surface area (TPSA) is 94.8 Å². The Morgan fingerprint density at radius 2 is 1.60 bits per heavy atom. The standard InChI is InChI=1S/C12H15F3O5/c1-10(2)6(8(17)18)5(7(16)12(13,14)15)4-11(10,3)9(19)20/h6,16H,4H2,1-3H3,(H,17,18)(H,19,20)/b7-5-/t6-,11-/m0/s1. The van der Waals surface area contributed by atoms with Gasteiger partial charge in [0.1, 0.15) is 0 Å². The maximum atomic E-state index is 12.6. The predicted octanol–water partition coefficient (Wildman–Crippen LogP) is 2.58. The van der Waals surface area contributed by atoms with Crippen LogP contribution in [0.2, 0.25) is 0 Å². The molecule has 0 aromatic heterocycles. The second-order valence-electron chi connectivity index (χ2n) is 5.68. The number of allylic oxidation sites excluding steroid dienone is 1. The smallest absolute Gasteiger partial charge is 0.448 e. The fourth-order valence-electron chi connectivity index (χ4n) is 2.68. The molecule has 0 unspecified atom stereocenters. The molecule has 0 saturated heterocycles. The lowest BCUT2D eigenvalue weighted by atomic mass is 9.65. The molecule has 8 heteroatoms. The lowest BCUT2D eigenvalue weighted by Crippen LogP contribution is -2.42. The summed E-state index contributed by atoms with van der Waals surface area (Å²) in [4.78, 5) is 22.6. The van der Waals surface area contributed by atoms with Gasteiger partial charge in [0.25, 0.3) is 0 Å². The number of aliphatic hydroxyl groups excluding tert-OH is 1. The number of carbonyl (C=O) groups is 2. The monoisotopic (exact) mass is 296 g/mol. The summed E-state index contributed by atoms with van der Waals surface area (Å²) in [7, 11) is 0. The lowest BCUT2D eigenvalue weighted by molar-refractivity contribution is -0.157. The van der Waals surface area contributed by atoms with E-state index >= 15 is 0 Å². The first-order valence-electron chi connectivity index (χ1n) is 5.72. The minimum absolute atomic E-state index is 0.669. The first-order chi connectivity index (χ1) is 8.76. The number of hydrogen-bond acceptors (Lipinski definition) is 3. The number of hydrogen-bond donors (Lipinski definition) is 3. The van der Waals surface area contributed by atoms with Gasteiger partial charge in [-0.05, 0) is 24.3 Å². The fraction of sp³-hybridized carbons (Fsp3) is 0.667. The van der Waals surface area contributed by atoms with Crippen molar-refractivity contribution in [2.75, 3.05) is 0 Å². The normalized spacial score (nSPS) is 32.0. The van der Waals surface area contributed by atoms with Crippen LogP contribution in [-0.4, -0.2) is 33.4 Å². The molecule has 1 aliphatic rings. The van der Waals surface area contributed by atoms with Crippen molar-refractivity contribution in [3.8, 4) is 0 Å². The van der Waals surface area contributed by atoms with E-state index in [9.17, 15) is 33.0 Å². The summed E-state index contributed by atoms with van der Waals surface area (Å²) in [6, 6.07) is 0. The SMILES string of the molecule is CC1(C)[C@H](C(=O)O)/C(=C(\O)C(F)(F)F)C[C@@]1(C)C(=O)O. The molecule has 1 saturated carbocycles. The molecule has 1 aliphatic carbocycles. The first kappa shape index (κ1) is 16.3. The summed E-state index contributed by atoms with van der Waals surface area (Å²) in [5.74, 6) is -6.72. The highest BCUT2D eigenvalue weighted by Gasteiger charge is 2.63. The molecule has 0 amide bonds. The highest BCUT2D eigenvalue weighted by Crippen LogP contribution is 2.59. The highest BCUT2D eigenvalue weighted by atomic mass is 19.4. The van der Waals surface area contributed by atoms with E-state index in [2.05, 4.69) is 0 Å². The molecule has 0 spiro atoms.